The molecule has 2 atom stereocenters. The zero-order chi connectivity index (χ0) is 16.9. The van der Waals surface area contributed by atoms with Crippen molar-refractivity contribution in [2.24, 2.45) is 23.5 Å². The number of carbonyl (C=O) groups is 1. The van der Waals surface area contributed by atoms with Crippen LogP contribution >= 0.6 is 11.3 Å². The van der Waals surface area contributed by atoms with Crippen LogP contribution in [0.15, 0.2) is 5.38 Å². The Kier molecular flexibility index (Phi) is 6.25. The van der Waals surface area contributed by atoms with Gasteiger partial charge in [-0.05, 0) is 64.1 Å². The van der Waals surface area contributed by atoms with E-state index in [1.807, 2.05) is 0 Å². The second-order valence-corrected chi connectivity index (χ2v) is 8.42. The van der Waals surface area contributed by atoms with Gasteiger partial charge in [0.05, 0.1) is 10.7 Å². The SMILES string of the molecule is Cc1nc(CN2CCC(CNC(=O)[C@@H]3CCC[C@@H]3CN)CC2)cs1. The minimum absolute atomic E-state index is 0.156. The number of thiazole rings is 1. The van der Waals surface area contributed by atoms with E-state index in [4.69, 9.17) is 5.73 Å². The molecule has 24 heavy (non-hydrogen) atoms. The van der Waals surface area contributed by atoms with E-state index >= 15 is 0 Å². The van der Waals surface area contributed by atoms with E-state index in [1.54, 1.807) is 11.3 Å². The summed E-state index contributed by atoms with van der Waals surface area (Å²) < 4.78 is 0. The zero-order valence-corrected chi connectivity index (χ0v) is 15.5. The van der Waals surface area contributed by atoms with Gasteiger partial charge in [0.2, 0.25) is 5.91 Å². The Balaban J connectivity index is 1.37. The maximum absolute atomic E-state index is 12.4. The highest BCUT2D eigenvalue weighted by Crippen LogP contribution is 2.31. The Labute approximate surface area is 149 Å². The smallest absolute Gasteiger partial charge is 0.223 e. The highest BCUT2D eigenvalue weighted by molar-refractivity contribution is 7.09. The molecule has 1 saturated heterocycles. The van der Waals surface area contributed by atoms with Crippen LogP contribution in [0.1, 0.15) is 42.8 Å². The summed E-state index contributed by atoms with van der Waals surface area (Å²) in [5, 5.41) is 6.51. The highest BCUT2D eigenvalue weighted by Gasteiger charge is 2.32. The number of aryl methyl sites for hydroxylation is 1. The summed E-state index contributed by atoms with van der Waals surface area (Å²) in [7, 11) is 0. The molecule has 134 valence electrons. The van der Waals surface area contributed by atoms with Gasteiger partial charge in [0.25, 0.3) is 0 Å². The number of hydrogen-bond donors (Lipinski definition) is 2. The lowest BCUT2D eigenvalue weighted by Crippen LogP contribution is -2.41. The van der Waals surface area contributed by atoms with Crippen molar-refractivity contribution in [1.29, 1.82) is 0 Å². The monoisotopic (exact) mass is 350 g/mol. The van der Waals surface area contributed by atoms with Gasteiger partial charge in [-0.1, -0.05) is 6.42 Å². The molecule has 6 heteroatoms. The van der Waals surface area contributed by atoms with E-state index in [-0.39, 0.29) is 11.8 Å². The van der Waals surface area contributed by atoms with Crippen LogP contribution in [0.2, 0.25) is 0 Å². The number of amides is 1. The van der Waals surface area contributed by atoms with Gasteiger partial charge in [-0.2, -0.15) is 0 Å². The van der Waals surface area contributed by atoms with Crippen molar-refractivity contribution in [2.45, 2.75) is 45.6 Å². The summed E-state index contributed by atoms with van der Waals surface area (Å²) in [6.45, 7) is 6.70. The van der Waals surface area contributed by atoms with E-state index in [2.05, 4.69) is 27.5 Å². The van der Waals surface area contributed by atoms with Gasteiger partial charge in [0.1, 0.15) is 0 Å². The summed E-state index contributed by atoms with van der Waals surface area (Å²) in [4.78, 5) is 19.4. The van der Waals surface area contributed by atoms with E-state index < -0.39 is 0 Å². The van der Waals surface area contributed by atoms with Crippen molar-refractivity contribution in [2.75, 3.05) is 26.2 Å². The van der Waals surface area contributed by atoms with Crippen LogP contribution in [0.5, 0.6) is 0 Å². The molecule has 0 bridgehead atoms. The minimum atomic E-state index is 0.156. The molecule has 3 N–H and O–H groups in total. The van der Waals surface area contributed by atoms with Crippen LogP contribution in [-0.4, -0.2) is 42.0 Å². The molecule has 0 radical (unpaired) electrons. The van der Waals surface area contributed by atoms with E-state index in [9.17, 15) is 4.79 Å². The van der Waals surface area contributed by atoms with Gasteiger partial charge in [-0.15, -0.1) is 11.3 Å². The average Bonchev–Trinajstić information content (AvgIpc) is 3.22. The van der Waals surface area contributed by atoms with Gasteiger partial charge in [0, 0.05) is 24.4 Å². The van der Waals surface area contributed by atoms with Crippen molar-refractivity contribution in [3.05, 3.63) is 16.1 Å². The molecule has 2 aliphatic rings. The Morgan fingerprint density at radius 3 is 2.83 bits per heavy atom. The summed E-state index contributed by atoms with van der Waals surface area (Å²) in [6.07, 6.45) is 5.60. The summed E-state index contributed by atoms with van der Waals surface area (Å²) in [5.74, 6) is 1.40. The number of nitrogens with one attached hydrogen (secondary N) is 1. The van der Waals surface area contributed by atoms with Crippen molar-refractivity contribution >= 4 is 17.2 Å². The van der Waals surface area contributed by atoms with E-state index in [0.717, 1.165) is 63.3 Å². The van der Waals surface area contributed by atoms with Gasteiger partial charge in [-0.3, -0.25) is 9.69 Å². The van der Waals surface area contributed by atoms with E-state index in [0.29, 0.717) is 18.4 Å². The first-order valence-electron chi connectivity index (χ1n) is 9.27. The fraction of sp³-hybridized carbons (Fsp3) is 0.778. The number of nitrogens with two attached hydrogens (primary N) is 1. The van der Waals surface area contributed by atoms with Crippen LogP contribution in [0.4, 0.5) is 0 Å². The molecule has 5 nitrogen and oxygen atoms in total. The minimum Gasteiger partial charge on any atom is -0.356 e. The summed E-state index contributed by atoms with van der Waals surface area (Å²) >= 11 is 1.72. The number of piperidine rings is 1. The normalized spacial score (nSPS) is 25.9. The maximum atomic E-state index is 12.4. The lowest BCUT2D eigenvalue weighted by Gasteiger charge is -2.31. The largest absolute Gasteiger partial charge is 0.356 e. The first kappa shape index (κ1) is 17.8. The topological polar surface area (TPSA) is 71.2 Å². The Bertz CT molecular complexity index is 539. The molecule has 1 aliphatic heterocycles. The molecule has 0 aromatic carbocycles. The van der Waals surface area contributed by atoms with E-state index in [1.165, 1.54) is 5.69 Å². The molecule has 1 saturated carbocycles. The molecule has 0 unspecified atom stereocenters. The number of likely N-dealkylation sites (tertiary alicyclic amines) is 1. The maximum Gasteiger partial charge on any atom is 0.223 e. The number of nitrogens with zero attached hydrogens (tertiary/aromatic N) is 2. The van der Waals surface area contributed by atoms with Crippen LogP contribution < -0.4 is 11.1 Å². The van der Waals surface area contributed by atoms with Crippen LogP contribution in [0.25, 0.3) is 0 Å². The number of carbonyl (C=O) groups excluding carboxylic acids is 1. The fourth-order valence-corrected chi connectivity index (χ4v) is 4.70. The quantitative estimate of drug-likeness (QED) is 0.825. The Hall–Kier alpha value is -0.980. The molecular weight excluding hydrogens is 320 g/mol. The van der Waals surface area contributed by atoms with Gasteiger partial charge >= 0.3 is 0 Å². The first-order valence-corrected chi connectivity index (χ1v) is 10.1. The number of hydrogen-bond acceptors (Lipinski definition) is 5. The molecule has 2 heterocycles. The highest BCUT2D eigenvalue weighted by atomic mass is 32.1. The van der Waals surface area contributed by atoms with Crippen LogP contribution in [0, 0.1) is 24.7 Å². The molecule has 2 fully saturated rings. The van der Waals surface area contributed by atoms with Gasteiger partial charge < -0.3 is 11.1 Å². The lowest BCUT2D eigenvalue weighted by atomic mass is 9.93. The third-order valence-electron chi connectivity index (χ3n) is 5.62. The fourth-order valence-electron chi connectivity index (χ4n) is 4.10. The van der Waals surface area contributed by atoms with Crippen molar-refractivity contribution in [3.8, 4) is 0 Å². The van der Waals surface area contributed by atoms with Crippen molar-refractivity contribution < 1.29 is 4.79 Å². The van der Waals surface area contributed by atoms with Crippen molar-refractivity contribution in [3.63, 3.8) is 0 Å². The number of aromatic nitrogens is 1. The molecule has 1 aromatic heterocycles. The van der Waals surface area contributed by atoms with Crippen LogP contribution in [-0.2, 0) is 11.3 Å². The predicted molar refractivity (Wildman–Crippen MR) is 97.7 cm³/mol. The third kappa shape index (κ3) is 4.55. The number of rotatable bonds is 6. The molecule has 1 amide bonds. The predicted octanol–water partition coefficient (Wildman–Crippen LogP) is 2.15. The molecule has 0 spiro atoms. The molecule has 1 aliphatic carbocycles. The molecular formula is C18H30N4OS. The van der Waals surface area contributed by atoms with Crippen molar-refractivity contribution in [1.82, 2.24) is 15.2 Å². The first-order chi connectivity index (χ1) is 11.7. The van der Waals surface area contributed by atoms with Gasteiger partial charge in [0.15, 0.2) is 0 Å². The zero-order valence-electron chi connectivity index (χ0n) is 14.7. The summed E-state index contributed by atoms with van der Waals surface area (Å²) in [6, 6.07) is 0. The Morgan fingerprint density at radius 2 is 2.17 bits per heavy atom. The standard InChI is InChI=1S/C18H30N4OS/c1-13-21-16(12-24-13)11-22-7-5-14(6-8-22)10-20-18(23)17-4-2-3-15(17)9-19/h12,14-15,17H,2-11,19H2,1H3,(H,20,23)/t15-,17-/m1/s1. The molecule has 3 rings (SSSR count). The average molecular weight is 351 g/mol. The molecule has 1 aromatic rings. The third-order valence-corrected chi connectivity index (χ3v) is 6.45. The summed E-state index contributed by atoms with van der Waals surface area (Å²) in [5.41, 5.74) is 6.98. The second kappa shape index (κ2) is 8.41. The Morgan fingerprint density at radius 1 is 1.38 bits per heavy atom. The van der Waals surface area contributed by atoms with Crippen LogP contribution in [0.3, 0.4) is 0 Å². The van der Waals surface area contributed by atoms with Gasteiger partial charge in [-0.25, -0.2) is 4.98 Å². The second-order valence-electron chi connectivity index (χ2n) is 7.36. The lowest BCUT2D eigenvalue weighted by molar-refractivity contribution is -0.126.